The van der Waals surface area contributed by atoms with Crippen molar-refractivity contribution in [1.82, 2.24) is 20.0 Å². The number of carbonyl (C=O) groups is 2. The lowest BCUT2D eigenvalue weighted by Crippen LogP contribution is -2.51. The van der Waals surface area contributed by atoms with E-state index in [2.05, 4.69) is 40.5 Å². The van der Waals surface area contributed by atoms with Crippen molar-refractivity contribution in [3.63, 3.8) is 0 Å². The maximum Gasteiger partial charge on any atom is 0.319 e. The minimum atomic E-state index is 0.0367. The van der Waals surface area contributed by atoms with Crippen LogP contribution >= 0.6 is 0 Å². The smallest absolute Gasteiger partial charge is 0.319 e. The van der Waals surface area contributed by atoms with Crippen molar-refractivity contribution in [2.75, 3.05) is 46.8 Å². The summed E-state index contributed by atoms with van der Waals surface area (Å²) in [4.78, 5) is 30.7. The summed E-state index contributed by atoms with van der Waals surface area (Å²) in [7, 11) is 3.55. The van der Waals surface area contributed by atoms with E-state index < -0.39 is 0 Å². The first-order chi connectivity index (χ1) is 14.0. The largest absolute Gasteiger partial charge is 0.352 e. The summed E-state index contributed by atoms with van der Waals surface area (Å²) in [6.07, 6.45) is 6.00. The number of carbonyl (C=O) groups excluding carboxylic acids is 2. The van der Waals surface area contributed by atoms with Crippen molar-refractivity contribution in [3.8, 4) is 0 Å². The standard InChI is InChI=1S/C23H36N4O2/c1-25(2)23(29)27-16-12-20(13-17-27)22(28)24-21-11-7-15-26(18-21)14-6-10-19-8-4-3-5-9-19/h3-5,8-9,20-21H,6-7,10-18H2,1-2H3,(H,24,28)/t21-/m1/s1. The van der Waals surface area contributed by atoms with E-state index in [1.165, 1.54) is 5.56 Å². The zero-order valence-electron chi connectivity index (χ0n) is 18.0. The lowest BCUT2D eigenvalue weighted by atomic mass is 9.95. The van der Waals surface area contributed by atoms with Crippen LogP contribution in [0.4, 0.5) is 4.79 Å². The predicted octanol–water partition coefficient (Wildman–Crippen LogP) is 2.59. The number of nitrogens with one attached hydrogen (secondary N) is 1. The molecule has 0 bridgehead atoms. The van der Waals surface area contributed by atoms with E-state index >= 15 is 0 Å². The first-order valence-corrected chi connectivity index (χ1v) is 11.1. The molecule has 2 aliphatic heterocycles. The summed E-state index contributed by atoms with van der Waals surface area (Å²) >= 11 is 0. The summed E-state index contributed by atoms with van der Waals surface area (Å²) in [6.45, 7) is 4.52. The van der Waals surface area contributed by atoms with Crippen molar-refractivity contribution < 1.29 is 9.59 Å². The fourth-order valence-corrected chi connectivity index (χ4v) is 4.46. The molecule has 29 heavy (non-hydrogen) atoms. The van der Waals surface area contributed by atoms with Crippen LogP contribution in [0, 0.1) is 5.92 Å². The summed E-state index contributed by atoms with van der Waals surface area (Å²) in [5.74, 6) is 0.216. The molecule has 1 atom stereocenters. The highest BCUT2D eigenvalue weighted by Gasteiger charge is 2.30. The lowest BCUT2D eigenvalue weighted by molar-refractivity contribution is -0.127. The van der Waals surface area contributed by atoms with Crippen molar-refractivity contribution in [2.45, 2.75) is 44.6 Å². The van der Waals surface area contributed by atoms with Gasteiger partial charge in [-0.25, -0.2) is 4.79 Å². The summed E-state index contributed by atoms with van der Waals surface area (Å²) < 4.78 is 0. The van der Waals surface area contributed by atoms with Crippen molar-refractivity contribution in [1.29, 1.82) is 0 Å². The zero-order valence-corrected chi connectivity index (χ0v) is 18.0. The molecule has 0 spiro atoms. The fraction of sp³-hybridized carbons (Fsp3) is 0.652. The molecular formula is C23H36N4O2. The van der Waals surface area contributed by atoms with E-state index in [0.717, 1.165) is 58.2 Å². The summed E-state index contributed by atoms with van der Waals surface area (Å²) in [6, 6.07) is 10.9. The van der Waals surface area contributed by atoms with Crippen LogP contribution in [0.2, 0.25) is 0 Å². The summed E-state index contributed by atoms with van der Waals surface area (Å²) in [5.41, 5.74) is 1.40. The van der Waals surface area contributed by atoms with Gasteiger partial charge in [0.25, 0.3) is 0 Å². The number of hydrogen-bond donors (Lipinski definition) is 1. The minimum absolute atomic E-state index is 0.0367. The summed E-state index contributed by atoms with van der Waals surface area (Å²) in [5, 5.41) is 3.30. The SMILES string of the molecule is CN(C)C(=O)N1CCC(C(=O)N[C@@H]2CCCN(CCCc3ccccc3)C2)CC1. The molecule has 3 rings (SSSR count). The molecule has 1 N–H and O–H groups in total. The van der Waals surface area contributed by atoms with Gasteiger partial charge in [0.15, 0.2) is 0 Å². The second kappa shape index (κ2) is 10.6. The highest BCUT2D eigenvalue weighted by Crippen LogP contribution is 2.19. The Labute approximate surface area is 175 Å². The molecule has 2 fully saturated rings. The number of likely N-dealkylation sites (tertiary alicyclic amines) is 2. The third kappa shape index (κ3) is 6.46. The van der Waals surface area contributed by atoms with Crippen molar-refractivity contribution in [3.05, 3.63) is 35.9 Å². The minimum Gasteiger partial charge on any atom is -0.352 e. The topological polar surface area (TPSA) is 55.9 Å². The molecule has 0 radical (unpaired) electrons. The van der Waals surface area contributed by atoms with Crippen LogP contribution in [0.1, 0.15) is 37.7 Å². The third-order valence-corrected chi connectivity index (χ3v) is 6.15. The van der Waals surface area contributed by atoms with Crippen LogP contribution in [0.25, 0.3) is 0 Å². The lowest BCUT2D eigenvalue weighted by Gasteiger charge is -2.36. The van der Waals surface area contributed by atoms with Gasteiger partial charge in [0.05, 0.1) is 0 Å². The Balaban J connectivity index is 1.37. The van der Waals surface area contributed by atoms with Crippen molar-refractivity contribution >= 4 is 11.9 Å². The maximum atomic E-state index is 12.7. The molecule has 2 saturated heterocycles. The van der Waals surface area contributed by atoms with E-state index in [0.29, 0.717) is 13.1 Å². The fourth-order valence-electron chi connectivity index (χ4n) is 4.46. The molecule has 3 amide bonds. The first kappa shape index (κ1) is 21.6. The number of urea groups is 1. The Morgan fingerprint density at radius 1 is 1.07 bits per heavy atom. The van der Waals surface area contributed by atoms with Crippen LogP contribution < -0.4 is 5.32 Å². The molecule has 0 unspecified atom stereocenters. The number of nitrogens with zero attached hydrogens (tertiary/aromatic N) is 3. The predicted molar refractivity (Wildman–Crippen MR) is 116 cm³/mol. The Kier molecular flexibility index (Phi) is 7.92. The van der Waals surface area contributed by atoms with Gasteiger partial charge in [0.1, 0.15) is 0 Å². The Morgan fingerprint density at radius 3 is 2.48 bits per heavy atom. The molecule has 1 aromatic rings. The van der Waals surface area contributed by atoms with Gasteiger partial charge in [0.2, 0.25) is 5.91 Å². The molecule has 6 nitrogen and oxygen atoms in total. The maximum absolute atomic E-state index is 12.7. The van der Waals surface area contributed by atoms with Crippen LogP contribution in [-0.4, -0.2) is 79.5 Å². The average Bonchev–Trinajstić information content (AvgIpc) is 2.74. The quantitative estimate of drug-likeness (QED) is 0.799. The van der Waals surface area contributed by atoms with Gasteiger partial charge in [-0.2, -0.15) is 0 Å². The van der Waals surface area contributed by atoms with Gasteiger partial charge in [-0.3, -0.25) is 4.79 Å². The monoisotopic (exact) mass is 400 g/mol. The molecule has 0 aromatic heterocycles. The molecule has 160 valence electrons. The van der Waals surface area contributed by atoms with Crippen LogP contribution in [0.15, 0.2) is 30.3 Å². The normalized spacial score (nSPS) is 21.0. The van der Waals surface area contributed by atoms with Crippen LogP contribution in [-0.2, 0) is 11.2 Å². The van der Waals surface area contributed by atoms with E-state index in [1.54, 1.807) is 19.0 Å². The highest BCUT2D eigenvalue weighted by atomic mass is 16.2. The van der Waals surface area contributed by atoms with Gasteiger partial charge in [-0.15, -0.1) is 0 Å². The van der Waals surface area contributed by atoms with E-state index in [4.69, 9.17) is 0 Å². The second-order valence-corrected chi connectivity index (χ2v) is 8.68. The third-order valence-electron chi connectivity index (χ3n) is 6.15. The molecule has 6 heteroatoms. The molecule has 0 saturated carbocycles. The molecular weight excluding hydrogens is 364 g/mol. The number of aryl methyl sites for hydroxylation is 1. The van der Waals surface area contributed by atoms with E-state index in [-0.39, 0.29) is 23.9 Å². The number of amides is 3. The van der Waals surface area contributed by atoms with Gasteiger partial charge in [0, 0.05) is 45.7 Å². The first-order valence-electron chi connectivity index (χ1n) is 11.1. The number of piperidine rings is 2. The van der Waals surface area contributed by atoms with Gasteiger partial charge >= 0.3 is 6.03 Å². The van der Waals surface area contributed by atoms with Gasteiger partial charge < -0.3 is 20.0 Å². The number of hydrogen-bond acceptors (Lipinski definition) is 3. The average molecular weight is 401 g/mol. The number of benzene rings is 1. The Bertz CT molecular complexity index is 656. The van der Waals surface area contributed by atoms with E-state index in [9.17, 15) is 9.59 Å². The van der Waals surface area contributed by atoms with Gasteiger partial charge in [-0.05, 0) is 57.2 Å². The second-order valence-electron chi connectivity index (χ2n) is 8.68. The van der Waals surface area contributed by atoms with E-state index in [1.807, 2.05) is 4.90 Å². The zero-order chi connectivity index (χ0) is 20.6. The Hall–Kier alpha value is -2.08. The van der Waals surface area contributed by atoms with Crippen LogP contribution in [0.3, 0.4) is 0 Å². The number of rotatable bonds is 6. The van der Waals surface area contributed by atoms with Crippen LogP contribution in [0.5, 0.6) is 0 Å². The van der Waals surface area contributed by atoms with Gasteiger partial charge in [-0.1, -0.05) is 30.3 Å². The Morgan fingerprint density at radius 2 is 1.79 bits per heavy atom. The molecule has 2 aliphatic rings. The molecule has 0 aliphatic carbocycles. The highest BCUT2D eigenvalue weighted by molar-refractivity contribution is 5.80. The molecule has 2 heterocycles. The molecule has 1 aromatic carbocycles. The van der Waals surface area contributed by atoms with Crippen molar-refractivity contribution in [2.24, 2.45) is 5.92 Å².